The number of H-pyrrole nitrogens is 1. The highest BCUT2D eigenvalue weighted by Crippen LogP contribution is 2.20. The minimum absolute atomic E-state index is 0.0647. The van der Waals surface area contributed by atoms with Gasteiger partial charge in [-0.1, -0.05) is 6.92 Å². The molecule has 2 heterocycles. The Morgan fingerprint density at radius 1 is 1.33 bits per heavy atom. The summed E-state index contributed by atoms with van der Waals surface area (Å²) in [6, 6.07) is 2.13. The van der Waals surface area contributed by atoms with E-state index in [1.807, 2.05) is 11.0 Å². The summed E-state index contributed by atoms with van der Waals surface area (Å²) in [6.07, 6.45) is 4.46. The van der Waals surface area contributed by atoms with Gasteiger partial charge in [0.05, 0.1) is 0 Å². The van der Waals surface area contributed by atoms with Crippen LogP contribution in [-0.2, 0) is 20.7 Å². The Morgan fingerprint density at radius 3 is 2.74 bits per heavy atom. The number of amides is 1. The third kappa shape index (κ3) is 4.97. The number of piperidine rings is 1. The third-order valence-electron chi connectivity index (χ3n) is 5.27. The van der Waals surface area contributed by atoms with Gasteiger partial charge in [-0.2, -0.15) is 5.26 Å². The Kier molecular flexibility index (Phi) is 7.17. The van der Waals surface area contributed by atoms with Crippen LogP contribution in [0.5, 0.6) is 0 Å². The van der Waals surface area contributed by atoms with Crippen LogP contribution in [0.3, 0.4) is 0 Å². The van der Waals surface area contributed by atoms with Crippen LogP contribution < -0.4 is 5.56 Å². The van der Waals surface area contributed by atoms with E-state index in [9.17, 15) is 14.4 Å². The fourth-order valence-corrected chi connectivity index (χ4v) is 3.70. The number of carbonyl (C=O) groups is 2. The summed E-state index contributed by atoms with van der Waals surface area (Å²) < 4.78 is 5.16. The zero-order valence-electron chi connectivity index (χ0n) is 16.3. The zero-order chi connectivity index (χ0) is 20.0. The number of aromatic amines is 1. The van der Waals surface area contributed by atoms with Crippen LogP contribution in [-0.4, -0.2) is 41.0 Å². The van der Waals surface area contributed by atoms with E-state index in [0.717, 1.165) is 37.8 Å². The van der Waals surface area contributed by atoms with Crippen LogP contribution in [0.1, 0.15) is 61.4 Å². The lowest BCUT2D eigenvalue weighted by Gasteiger charge is -2.35. The summed E-state index contributed by atoms with van der Waals surface area (Å²) in [5, 5.41) is 9.10. The molecule has 0 aliphatic carbocycles. The van der Waals surface area contributed by atoms with Crippen molar-refractivity contribution >= 4 is 11.9 Å². The number of aryl methyl sites for hydroxylation is 1. The molecule has 0 radical (unpaired) electrons. The van der Waals surface area contributed by atoms with Crippen molar-refractivity contribution in [1.82, 2.24) is 9.88 Å². The Morgan fingerprint density at radius 2 is 2.07 bits per heavy atom. The number of likely N-dealkylation sites (tertiary alicyclic amines) is 1. The molecule has 1 aliphatic heterocycles. The van der Waals surface area contributed by atoms with E-state index in [4.69, 9.17) is 10.00 Å². The van der Waals surface area contributed by atoms with Gasteiger partial charge in [0.15, 0.2) is 6.61 Å². The summed E-state index contributed by atoms with van der Waals surface area (Å²) >= 11 is 0. The number of carbonyl (C=O) groups excluding carboxylic acids is 2. The SMILES string of the molecule is CC[C@H]1CCCCN1C(=O)COC(=O)CCc1c(C)[nH]c(=O)c(C#N)c1C. The average Bonchev–Trinajstić information content (AvgIpc) is 2.65. The second-order valence-electron chi connectivity index (χ2n) is 6.98. The number of rotatable bonds is 6. The van der Waals surface area contributed by atoms with Crippen molar-refractivity contribution in [1.29, 1.82) is 5.26 Å². The minimum atomic E-state index is -0.461. The molecule has 7 heteroatoms. The van der Waals surface area contributed by atoms with Crippen molar-refractivity contribution in [3.63, 3.8) is 0 Å². The number of nitrogens with one attached hydrogen (secondary N) is 1. The van der Waals surface area contributed by atoms with Gasteiger partial charge in [-0.15, -0.1) is 0 Å². The van der Waals surface area contributed by atoms with Gasteiger partial charge >= 0.3 is 5.97 Å². The lowest BCUT2D eigenvalue weighted by atomic mass is 9.99. The van der Waals surface area contributed by atoms with Crippen molar-refractivity contribution in [3.05, 3.63) is 32.7 Å². The molecule has 1 N–H and O–H groups in total. The highest BCUT2D eigenvalue weighted by molar-refractivity contribution is 5.81. The number of ether oxygens (including phenoxy) is 1. The van der Waals surface area contributed by atoms with Crippen molar-refractivity contribution in [3.8, 4) is 6.07 Å². The van der Waals surface area contributed by atoms with Crippen LogP contribution in [0, 0.1) is 25.2 Å². The highest BCUT2D eigenvalue weighted by atomic mass is 16.5. The summed E-state index contributed by atoms with van der Waals surface area (Å²) in [5.74, 6) is -0.602. The Bertz CT molecular complexity index is 807. The summed E-state index contributed by atoms with van der Waals surface area (Å²) in [4.78, 5) is 40.6. The van der Waals surface area contributed by atoms with E-state index >= 15 is 0 Å². The Hall–Kier alpha value is -2.62. The largest absolute Gasteiger partial charge is 0.456 e. The average molecular weight is 373 g/mol. The van der Waals surface area contributed by atoms with Gasteiger partial charge in [-0.25, -0.2) is 0 Å². The molecular weight excluding hydrogens is 346 g/mol. The fraction of sp³-hybridized carbons (Fsp3) is 0.600. The van der Waals surface area contributed by atoms with Crippen molar-refractivity contribution in [2.45, 2.75) is 65.3 Å². The molecule has 1 aliphatic rings. The normalized spacial score (nSPS) is 16.7. The van der Waals surface area contributed by atoms with Gasteiger partial charge in [0, 0.05) is 24.7 Å². The molecule has 146 valence electrons. The van der Waals surface area contributed by atoms with Crippen LogP contribution in [0.25, 0.3) is 0 Å². The smallest absolute Gasteiger partial charge is 0.306 e. The van der Waals surface area contributed by atoms with Gasteiger partial charge in [-0.3, -0.25) is 14.4 Å². The van der Waals surface area contributed by atoms with Crippen LogP contribution in [0.4, 0.5) is 0 Å². The molecular formula is C20H27N3O4. The second-order valence-corrected chi connectivity index (χ2v) is 6.98. The quantitative estimate of drug-likeness (QED) is 0.770. The molecule has 1 atom stereocenters. The molecule has 27 heavy (non-hydrogen) atoms. The predicted octanol–water partition coefficient (Wildman–Crippen LogP) is 2.13. The number of esters is 1. The molecule has 1 amide bonds. The standard InChI is InChI=1S/C20H27N3O4/c1-4-15-7-5-6-10-23(15)18(24)12-27-19(25)9-8-16-13(2)17(11-21)20(26)22-14(16)3/h15H,4-10,12H2,1-3H3,(H,22,26)/t15-/m0/s1. The van der Waals surface area contributed by atoms with Crippen LogP contribution in [0.2, 0.25) is 0 Å². The molecule has 0 spiro atoms. The first-order valence-electron chi connectivity index (χ1n) is 9.46. The highest BCUT2D eigenvalue weighted by Gasteiger charge is 2.26. The van der Waals surface area contributed by atoms with Crippen molar-refractivity contribution in [2.75, 3.05) is 13.2 Å². The Balaban J connectivity index is 1.91. The molecule has 1 aromatic heterocycles. The predicted molar refractivity (Wildman–Crippen MR) is 100 cm³/mol. The molecule has 2 rings (SSSR count). The van der Waals surface area contributed by atoms with Gasteiger partial charge in [0.1, 0.15) is 11.6 Å². The summed E-state index contributed by atoms with van der Waals surface area (Å²) in [7, 11) is 0. The molecule has 1 aromatic rings. The maximum Gasteiger partial charge on any atom is 0.306 e. The first-order chi connectivity index (χ1) is 12.9. The lowest BCUT2D eigenvalue weighted by Crippen LogP contribution is -2.45. The Labute approximate surface area is 159 Å². The lowest BCUT2D eigenvalue weighted by molar-refractivity contribution is -0.153. The van der Waals surface area contributed by atoms with Gasteiger partial charge < -0.3 is 14.6 Å². The van der Waals surface area contributed by atoms with Gasteiger partial charge in [-0.05, 0) is 57.1 Å². The monoisotopic (exact) mass is 373 g/mol. The zero-order valence-corrected chi connectivity index (χ0v) is 16.3. The van der Waals surface area contributed by atoms with E-state index in [-0.39, 0.29) is 30.5 Å². The van der Waals surface area contributed by atoms with Crippen LogP contribution in [0.15, 0.2) is 4.79 Å². The molecule has 1 fully saturated rings. The summed E-state index contributed by atoms with van der Waals surface area (Å²) in [6.45, 7) is 5.99. The number of aromatic nitrogens is 1. The molecule has 0 unspecified atom stereocenters. The van der Waals surface area contributed by atoms with E-state index in [0.29, 0.717) is 17.7 Å². The molecule has 7 nitrogen and oxygen atoms in total. The van der Waals surface area contributed by atoms with E-state index < -0.39 is 11.5 Å². The van der Waals surface area contributed by atoms with Crippen molar-refractivity contribution < 1.29 is 14.3 Å². The maximum absolute atomic E-state index is 12.3. The molecule has 0 aromatic carbocycles. The first kappa shape index (κ1) is 20.7. The number of pyridine rings is 1. The first-order valence-corrected chi connectivity index (χ1v) is 9.46. The second kappa shape index (κ2) is 9.36. The summed E-state index contributed by atoms with van der Waals surface area (Å²) in [5.41, 5.74) is 1.63. The number of nitriles is 1. The topological polar surface area (TPSA) is 103 Å². The number of nitrogens with zero attached hydrogens (tertiary/aromatic N) is 2. The number of hydrogen-bond acceptors (Lipinski definition) is 5. The van der Waals surface area contributed by atoms with E-state index in [1.165, 1.54) is 0 Å². The maximum atomic E-state index is 12.3. The molecule has 0 saturated carbocycles. The molecule has 1 saturated heterocycles. The van der Waals surface area contributed by atoms with E-state index in [2.05, 4.69) is 11.9 Å². The number of hydrogen-bond donors (Lipinski definition) is 1. The van der Waals surface area contributed by atoms with Gasteiger partial charge in [0.2, 0.25) is 0 Å². The minimum Gasteiger partial charge on any atom is -0.456 e. The third-order valence-corrected chi connectivity index (χ3v) is 5.27. The van der Waals surface area contributed by atoms with Crippen LogP contribution >= 0.6 is 0 Å². The van der Waals surface area contributed by atoms with E-state index in [1.54, 1.807) is 13.8 Å². The van der Waals surface area contributed by atoms with Gasteiger partial charge in [0.25, 0.3) is 11.5 Å². The van der Waals surface area contributed by atoms with Crippen molar-refractivity contribution in [2.24, 2.45) is 0 Å². The molecule has 0 bridgehead atoms. The fourth-order valence-electron chi connectivity index (χ4n) is 3.70.